The number of methoxy groups -OCH3 is 1. The smallest absolute Gasteiger partial charge is 0.267 e. The summed E-state index contributed by atoms with van der Waals surface area (Å²) in [7, 11) is 3.51. The molecule has 0 aliphatic carbocycles. The molecule has 0 saturated heterocycles. The SMILES string of the molecule is COc1cc(C)ccc1OCc1csc(C(=O)Nc2nc(-c3cnn(C)c3C)cs2)c1. The van der Waals surface area contributed by atoms with Crippen molar-refractivity contribution in [1.29, 1.82) is 0 Å². The number of carbonyl (C=O) groups is 1. The van der Waals surface area contributed by atoms with Gasteiger partial charge in [-0.25, -0.2) is 4.98 Å². The van der Waals surface area contributed by atoms with E-state index in [1.54, 1.807) is 18.0 Å². The first-order valence-corrected chi connectivity index (χ1v) is 11.3. The lowest BCUT2D eigenvalue weighted by atomic mass is 10.2. The summed E-state index contributed by atoms with van der Waals surface area (Å²) in [4.78, 5) is 17.8. The number of anilines is 1. The Morgan fingerprint density at radius 2 is 2.00 bits per heavy atom. The highest BCUT2D eigenvalue weighted by Gasteiger charge is 2.15. The molecule has 1 N–H and O–H groups in total. The minimum Gasteiger partial charge on any atom is -0.493 e. The second-order valence-electron chi connectivity index (χ2n) is 7.02. The zero-order chi connectivity index (χ0) is 22.0. The number of ether oxygens (including phenoxy) is 2. The fourth-order valence-electron chi connectivity index (χ4n) is 2.99. The second kappa shape index (κ2) is 8.91. The average Bonchev–Trinajstić information content (AvgIpc) is 3.49. The Hall–Kier alpha value is -3.17. The van der Waals surface area contributed by atoms with Crippen molar-refractivity contribution < 1.29 is 14.3 Å². The number of thiophene rings is 1. The lowest BCUT2D eigenvalue weighted by Crippen LogP contribution is -2.09. The van der Waals surface area contributed by atoms with Crippen LogP contribution in [0.15, 0.2) is 41.2 Å². The van der Waals surface area contributed by atoms with Gasteiger partial charge in [0.1, 0.15) is 6.61 Å². The Bertz CT molecular complexity index is 1230. The minimum absolute atomic E-state index is 0.187. The van der Waals surface area contributed by atoms with Gasteiger partial charge in [0.2, 0.25) is 0 Å². The first kappa shape index (κ1) is 21.1. The number of aromatic nitrogens is 3. The monoisotopic (exact) mass is 454 g/mol. The summed E-state index contributed by atoms with van der Waals surface area (Å²) >= 11 is 2.76. The van der Waals surface area contributed by atoms with E-state index in [9.17, 15) is 4.79 Å². The summed E-state index contributed by atoms with van der Waals surface area (Å²) in [5, 5.41) is 11.5. The lowest BCUT2D eigenvalue weighted by molar-refractivity contribution is 0.103. The van der Waals surface area contributed by atoms with Crippen LogP contribution in [0.1, 0.15) is 26.5 Å². The van der Waals surface area contributed by atoms with Gasteiger partial charge >= 0.3 is 0 Å². The molecule has 0 aliphatic rings. The Labute approximate surface area is 188 Å². The van der Waals surface area contributed by atoms with E-state index < -0.39 is 0 Å². The highest BCUT2D eigenvalue weighted by molar-refractivity contribution is 7.14. The van der Waals surface area contributed by atoms with Crippen LogP contribution < -0.4 is 14.8 Å². The summed E-state index contributed by atoms with van der Waals surface area (Å²) < 4.78 is 13.0. The summed E-state index contributed by atoms with van der Waals surface area (Å²) in [5.74, 6) is 1.18. The van der Waals surface area contributed by atoms with Crippen molar-refractivity contribution in [2.45, 2.75) is 20.5 Å². The number of hydrogen-bond acceptors (Lipinski definition) is 7. The third-order valence-corrected chi connectivity index (χ3v) is 6.56. The maximum atomic E-state index is 12.6. The fourth-order valence-corrected chi connectivity index (χ4v) is 4.49. The van der Waals surface area contributed by atoms with Crippen LogP contribution in [-0.4, -0.2) is 27.8 Å². The predicted molar refractivity (Wildman–Crippen MR) is 123 cm³/mol. The van der Waals surface area contributed by atoms with Crippen molar-refractivity contribution in [2.75, 3.05) is 12.4 Å². The molecule has 31 heavy (non-hydrogen) atoms. The van der Waals surface area contributed by atoms with Gasteiger partial charge in [0, 0.05) is 29.2 Å². The molecule has 1 amide bonds. The van der Waals surface area contributed by atoms with Crippen LogP contribution >= 0.6 is 22.7 Å². The number of rotatable bonds is 7. The molecule has 1 aromatic carbocycles. The molecule has 7 nitrogen and oxygen atoms in total. The maximum Gasteiger partial charge on any atom is 0.267 e. The molecule has 0 spiro atoms. The van der Waals surface area contributed by atoms with Crippen molar-refractivity contribution in [1.82, 2.24) is 14.8 Å². The Morgan fingerprint density at radius 3 is 2.74 bits per heavy atom. The molecular weight excluding hydrogens is 432 g/mol. The summed E-state index contributed by atoms with van der Waals surface area (Å²) in [6, 6.07) is 7.62. The summed E-state index contributed by atoms with van der Waals surface area (Å²) in [6.45, 7) is 4.34. The van der Waals surface area contributed by atoms with Gasteiger partial charge < -0.3 is 9.47 Å². The minimum atomic E-state index is -0.187. The highest BCUT2D eigenvalue weighted by Crippen LogP contribution is 2.30. The Kier molecular flexibility index (Phi) is 6.06. The molecule has 0 fully saturated rings. The molecule has 4 rings (SSSR count). The topological polar surface area (TPSA) is 78.3 Å². The molecule has 0 aliphatic heterocycles. The van der Waals surface area contributed by atoms with Crippen LogP contribution in [-0.2, 0) is 13.7 Å². The van der Waals surface area contributed by atoms with Gasteiger partial charge in [-0.2, -0.15) is 5.10 Å². The normalized spacial score (nSPS) is 10.8. The average molecular weight is 455 g/mol. The highest BCUT2D eigenvalue weighted by atomic mass is 32.1. The first-order valence-electron chi connectivity index (χ1n) is 9.55. The van der Waals surface area contributed by atoms with Gasteiger partial charge in [-0.05, 0) is 43.0 Å². The largest absolute Gasteiger partial charge is 0.493 e. The second-order valence-corrected chi connectivity index (χ2v) is 8.79. The standard InChI is InChI=1S/C22H22N4O3S2/c1-13-5-6-18(19(7-13)28-4)29-10-15-8-20(30-11-15)21(27)25-22-24-17(12-31-22)16-9-23-26(3)14(16)2/h5-9,11-12H,10H2,1-4H3,(H,24,25,27). The van der Waals surface area contributed by atoms with Crippen molar-refractivity contribution in [3.8, 4) is 22.8 Å². The third-order valence-electron chi connectivity index (χ3n) is 4.83. The molecule has 0 unspecified atom stereocenters. The number of thiazole rings is 1. The maximum absolute atomic E-state index is 12.6. The third kappa shape index (κ3) is 4.62. The van der Waals surface area contributed by atoms with E-state index in [0.29, 0.717) is 28.1 Å². The van der Waals surface area contributed by atoms with E-state index in [0.717, 1.165) is 28.1 Å². The van der Waals surface area contributed by atoms with Crippen molar-refractivity contribution >= 4 is 33.7 Å². The van der Waals surface area contributed by atoms with Gasteiger partial charge in [0.15, 0.2) is 16.6 Å². The lowest BCUT2D eigenvalue weighted by Gasteiger charge is -2.10. The van der Waals surface area contributed by atoms with Gasteiger partial charge in [0.05, 0.1) is 23.9 Å². The van der Waals surface area contributed by atoms with Crippen molar-refractivity contribution in [3.05, 3.63) is 62.9 Å². The Balaban J connectivity index is 1.39. The molecule has 3 aromatic heterocycles. The number of aryl methyl sites for hydroxylation is 2. The van der Waals surface area contributed by atoms with Gasteiger partial charge in [-0.3, -0.25) is 14.8 Å². The number of amides is 1. The molecule has 160 valence electrons. The molecule has 0 saturated carbocycles. The zero-order valence-electron chi connectivity index (χ0n) is 17.6. The summed E-state index contributed by atoms with van der Waals surface area (Å²) in [6.07, 6.45) is 1.78. The van der Waals surface area contributed by atoms with Crippen LogP contribution in [0, 0.1) is 13.8 Å². The molecule has 0 bridgehead atoms. The van der Waals surface area contributed by atoms with E-state index in [1.165, 1.54) is 22.7 Å². The number of carbonyl (C=O) groups excluding carboxylic acids is 1. The quantitative estimate of drug-likeness (QED) is 0.422. The van der Waals surface area contributed by atoms with Gasteiger partial charge in [0.25, 0.3) is 5.91 Å². The number of hydrogen-bond donors (Lipinski definition) is 1. The van der Waals surface area contributed by atoms with E-state index in [1.807, 2.05) is 55.9 Å². The fraction of sp³-hybridized carbons (Fsp3) is 0.227. The van der Waals surface area contributed by atoms with Gasteiger partial charge in [-0.15, -0.1) is 22.7 Å². The predicted octanol–water partition coefficient (Wildman–Crippen LogP) is 5.06. The summed E-state index contributed by atoms with van der Waals surface area (Å²) in [5.41, 5.74) is 4.81. The van der Waals surface area contributed by atoms with Crippen molar-refractivity contribution in [2.24, 2.45) is 7.05 Å². The van der Waals surface area contributed by atoms with Crippen LogP contribution in [0.5, 0.6) is 11.5 Å². The molecular formula is C22H22N4O3S2. The molecule has 0 atom stereocenters. The van der Waals surface area contributed by atoms with Gasteiger partial charge in [-0.1, -0.05) is 6.07 Å². The molecule has 4 aromatic rings. The molecule has 9 heteroatoms. The first-order chi connectivity index (χ1) is 14.9. The molecule has 3 heterocycles. The van der Waals surface area contributed by atoms with E-state index in [4.69, 9.17) is 9.47 Å². The van der Waals surface area contributed by atoms with Crippen molar-refractivity contribution in [3.63, 3.8) is 0 Å². The van der Waals surface area contributed by atoms with E-state index >= 15 is 0 Å². The van der Waals surface area contributed by atoms with Crippen LogP contribution in [0.2, 0.25) is 0 Å². The van der Waals surface area contributed by atoms with E-state index in [2.05, 4.69) is 15.4 Å². The number of nitrogens with zero attached hydrogens (tertiary/aromatic N) is 3. The zero-order valence-corrected chi connectivity index (χ0v) is 19.3. The molecule has 0 radical (unpaired) electrons. The van der Waals surface area contributed by atoms with E-state index in [-0.39, 0.29) is 5.91 Å². The Morgan fingerprint density at radius 1 is 1.16 bits per heavy atom. The van der Waals surface area contributed by atoms with Crippen LogP contribution in [0.25, 0.3) is 11.3 Å². The van der Waals surface area contributed by atoms with Crippen LogP contribution in [0.4, 0.5) is 5.13 Å². The number of nitrogens with one attached hydrogen (secondary N) is 1. The van der Waals surface area contributed by atoms with Crippen LogP contribution in [0.3, 0.4) is 0 Å². The number of benzene rings is 1.